The lowest BCUT2D eigenvalue weighted by atomic mass is 10.2. The van der Waals surface area contributed by atoms with Gasteiger partial charge >= 0.3 is 0 Å². The Labute approximate surface area is 171 Å². The summed E-state index contributed by atoms with van der Waals surface area (Å²) < 4.78 is 26.5. The first kappa shape index (κ1) is 20.8. The summed E-state index contributed by atoms with van der Waals surface area (Å²) in [4.78, 5) is 16.0. The Morgan fingerprint density at radius 1 is 1.14 bits per heavy atom. The molecule has 1 aliphatic carbocycles. The molecular weight excluding hydrogens is 392 g/mol. The second-order valence-electron chi connectivity index (χ2n) is 6.77. The molecule has 0 bridgehead atoms. The van der Waals surface area contributed by atoms with Crippen molar-refractivity contribution in [3.05, 3.63) is 58.3 Å². The van der Waals surface area contributed by atoms with Crippen LogP contribution in [0.1, 0.15) is 37.1 Å². The van der Waals surface area contributed by atoms with Crippen molar-refractivity contribution in [2.75, 3.05) is 13.1 Å². The van der Waals surface area contributed by atoms with Crippen molar-refractivity contribution in [2.24, 2.45) is 0 Å². The number of carbonyl (C=O) groups is 1. The lowest BCUT2D eigenvalue weighted by Gasteiger charge is -2.20. The van der Waals surface area contributed by atoms with Crippen LogP contribution in [0.4, 0.5) is 0 Å². The topological polar surface area (TPSA) is 57.7 Å². The highest BCUT2D eigenvalue weighted by atomic mass is 32.2. The zero-order valence-electron chi connectivity index (χ0n) is 16.2. The fourth-order valence-corrected chi connectivity index (χ4v) is 5.23. The van der Waals surface area contributed by atoms with Gasteiger partial charge in [-0.3, -0.25) is 4.79 Å². The highest BCUT2D eigenvalue weighted by Crippen LogP contribution is 2.29. The molecule has 0 radical (unpaired) electrons. The number of amides is 1. The summed E-state index contributed by atoms with van der Waals surface area (Å²) in [6.07, 6.45) is 5.45. The van der Waals surface area contributed by atoms with E-state index in [0.717, 1.165) is 18.4 Å². The number of rotatable bonds is 9. The van der Waals surface area contributed by atoms with Crippen molar-refractivity contribution < 1.29 is 13.2 Å². The molecule has 28 heavy (non-hydrogen) atoms. The third kappa shape index (κ3) is 4.90. The van der Waals surface area contributed by atoms with Gasteiger partial charge in [0, 0.05) is 30.1 Å². The molecule has 0 aliphatic heterocycles. The maximum absolute atomic E-state index is 12.7. The molecule has 3 rings (SSSR count). The molecule has 0 spiro atoms. The van der Waals surface area contributed by atoms with Crippen LogP contribution < -0.4 is 0 Å². The van der Waals surface area contributed by atoms with E-state index in [0.29, 0.717) is 25.7 Å². The first-order valence-corrected chi connectivity index (χ1v) is 11.9. The summed E-state index contributed by atoms with van der Waals surface area (Å²) in [7, 11) is -3.46. The van der Waals surface area contributed by atoms with Crippen LogP contribution in [0, 0.1) is 0 Å². The molecule has 1 aromatic heterocycles. The SMILES string of the molecule is CCN(CC)S(=O)(=O)c1ccc(/C=C/C(=O)N(Cc2cccs2)C2CC2)cc1. The van der Waals surface area contributed by atoms with Crippen LogP contribution in [0.2, 0.25) is 0 Å². The Morgan fingerprint density at radius 3 is 2.36 bits per heavy atom. The van der Waals surface area contributed by atoms with Gasteiger partial charge in [0.2, 0.25) is 15.9 Å². The van der Waals surface area contributed by atoms with E-state index in [-0.39, 0.29) is 10.8 Å². The van der Waals surface area contributed by atoms with Crippen molar-refractivity contribution in [1.82, 2.24) is 9.21 Å². The van der Waals surface area contributed by atoms with Crippen molar-refractivity contribution in [2.45, 2.75) is 44.2 Å². The summed E-state index contributed by atoms with van der Waals surface area (Å²) in [6.45, 7) is 5.18. The summed E-state index contributed by atoms with van der Waals surface area (Å²) in [5.41, 5.74) is 0.804. The Bertz CT molecular complexity index is 911. The molecule has 0 saturated heterocycles. The van der Waals surface area contributed by atoms with Crippen molar-refractivity contribution in [3.63, 3.8) is 0 Å². The second kappa shape index (κ2) is 9.03. The maximum Gasteiger partial charge on any atom is 0.247 e. The number of hydrogen-bond donors (Lipinski definition) is 0. The van der Waals surface area contributed by atoms with Gasteiger partial charge < -0.3 is 4.90 Å². The van der Waals surface area contributed by atoms with Gasteiger partial charge in [0.15, 0.2) is 0 Å². The van der Waals surface area contributed by atoms with Crippen molar-refractivity contribution in [3.8, 4) is 0 Å². The monoisotopic (exact) mass is 418 g/mol. The van der Waals surface area contributed by atoms with Crippen LogP contribution >= 0.6 is 11.3 Å². The standard InChI is InChI=1S/C21H26N2O3S2/c1-3-22(4-2)28(25,26)20-12-7-17(8-13-20)9-14-21(24)23(18-10-11-18)16-19-6-5-15-27-19/h5-9,12-15,18H,3-4,10-11,16H2,1-2H3/b14-9+. The lowest BCUT2D eigenvalue weighted by Crippen LogP contribution is -2.30. The van der Waals surface area contributed by atoms with E-state index in [1.807, 2.05) is 36.3 Å². The van der Waals surface area contributed by atoms with Crippen molar-refractivity contribution in [1.29, 1.82) is 0 Å². The molecule has 1 aliphatic rings. The number of nitrogens with zero attached hydrogens (tertiary/aromatic N) is 2. The number of thiophene rings is 1. The molecule has 1 amide bonds. The zero-order chi connectivity index (χ0) is 20.1. The summed E-state index contributed by atoms with van der Waals surface area (Å²) in [6, 6.07) is 11.1. The molecule has 5 nitrogen and oxygen atoms in total. The van der Waals surface area contributed by atoms with Crippen LogP contribution in [0.3, 0.4) is 0 Å². The predicted molar refractivity (Wildman–Crippen MR) is 113 cm³/mol. The minimum absolute atomic E-state index is 0.00395. The normalized spacial score (nSPS) is 14.7. The average molecular weight is 419 g/mol. The fraction of sp³-hybridized carbons (Fsp3) is 0.381. The quantitative estimate of drug-likeness (QED) is 0.579. The highest BCUT2D eigenvalue weighted by molar-refractivity contribution is 7.89. The first-order valence-electron chi connectivity index (χ1n) is 9.57. The molecule has 0 unspecified atom stereocenters. The highest BCUT2D eigenvalue weighted by Gasteiger charge is 2.31. The van der Waals surface area contributed by atoms with E-state index in [4.69, 9.17) is 0 Å². The molecule has 7 heteroatoms. The Balaban J connectivity index is 1.69. The smallest absolute Gasteiger partial charge is 0.247 e. The third-order valence-corrected chi connectivity index (χ3v) is 7.74. The first-order chi connectivity index (χ1) is 13.5. The largest absolute Gasteiger partial charge is 0.331 e. The molecule has 0 N–H and O–H groups in total. The van der Waals surface area contributed by atoms with Crippen LogP contribution in [0.25, 0.3) is 6.08 Å². The molecule has 1 aromatic carbocycles. The Morgan fingerprint density at radius 2 is 1.82 bits per heavy atom. The molecule has 1 saturated carbocycles. The van der Waals surface area contributed by atoms with Crippen LogP contribution in [0.15, 0.2) is 52.7 Å². The summed E-state index contributed by atoms with van der Waals surface area (Å²) >= 11 is 1.66. The molecule has 2 aromatic rings. The molecule has 1 heterocycles. The third-order valence-electron chi connectivity index (χ3n) is 4.82. The molecule has 0 atom stereocenters. The fourth-order valence-electron chi connectivity index (χ4n) is 3.07. The zero-order valence-corrected chi connectivity index (χ0v) is 17.9. The summed E-state index contributed by atoms with van der Waals surface area (Å²) in [5, 5.41) is 2.02. The van der Waals surface area contributed by atoms with E-state index in [2.05, 4.69) is 0 Å². The van der Waals surface area contributed by atoms with Gasteiger partial charge in [-0.15, -0.1) is 11.3 Å². The van der Waals surface area contributed by atoms with Crippen molar-refractivity contribution >= 4 is 33.3 Å². The number of benzene rings is 1. The Hall–Kier alpha value is -1.96. The van der Waals surface area contributed by atoms with Gasteiger partial charge in [0.25, 0.3) is 0 Å². The molecule has 1 fully saturated rings. The van der Waals surface area contributed by atoms with Gasteiger partial charge in [-0.2, -0.15) is 4.31 Å². The van der Waals surface area contributed by atoms with Crippen LogP contribution in [-0.4, -0.2) is 42.7 Å². The van der Waals surface area contributed by atoms with Gasteiger partial charge in [-0.25, -0.2) is 8.42 Å². The van der Waals surface area contributed by atoms with Crippen LogP contribution in [-0.2, 0) is 21.4 Å². The van der Waals surface area contributed by atoms with E-state index in [1.54, 1.807) is 47.8 Å². The minimum atomic E-state index is -3.46. The Kier molecular flexibility index (Phi) is 6.69. The second-order valence-corrected chi connectivity index (χ2v) is 9.74. The van der Waals surface area contributed by atoms with Gasteiger partial charge in [0.05, 0.1) is 11.4 Å². The average Bonchev–Trinajstić information content (AvgIpc) is 3.40. The molecule has 150 valence electrons. The number of sulfonamides is 1. The van der Waals surface area contributed by atoms with Gasteiger partial charge in [-0.1, -0.05) is 32.0 Å². The minimum Gasteiger partial charge on any atom is -0.331 e. The predicted octanol–water partition coefficient (Wildman–Crippen LogP) is 3.98. The van der Waals surface area contributed by atoms with Crippen LogP contribution in [0.5, 0.6) is 0 Å². The van der Waals surface area contributed by atoms with E-state index in [9.17, 15) is 13.2 Å². The van der Waals surface area contributed by atoms with Gasteiger partial charge in [-0.05, 0) is 48.1 Å². The van der Waals surface area contributed by atoms with E-state index in [1.165, 1.54) is 9.18 Å². The van der Waals surface area contributed by atoms with Gasteiger partial charge in [0.1, 0.15) is 0 Å². The number of hydrogen-bond acceptors (Lipinski definition) is 4. The van der Waals surface area contributed by atoms with E-state index < -0.39 is 10.0 Å². The molecular formula is C21H26N2O3S2. The maximum atomic E-state index is 12.7. The lowest BCUT2D eigenvalue weighted by molar-refractivity contribution is -0.127. The summed E-state index contributed by atoms with van der Waals surface area (Å²) in [5.74, 6) is -0.00395. The van der Waals surface area contributed by atoms with E-state index >= 15 is 0 Å². The number of carbonyl (C=O) groups excluding carboxylic acids is 1.